The van der Waals surface area contributed by atoms with Crippen LogP contribution in [-0.4, -0.2) is 46.7 Å². The Bertz CT molecular complexity index is 324. The molecule has 0 aromatic carbocycles. The number of carbonyl (C=O) groups excluding carboxylic acids is 1. The monoisotopic (exact) mass is 260 g/mol. The molecule has 6 heteroatoms. The summed E-state index contributed by atoms with van der Waals surface area (Å²) in [5, 5.41) is 8.69. The zero-order chi connectivity index (χ0) is 13.9. The number of aliphatic carboxylic acids is 1. The van der Waals surface area contributed by atoms with Gasteiger partial charge in [-0.2, -0.15) is 0 Å². The molecule has 1 unspecified atom stereocenters. The first-order valence-corrected chi connectivity index (χ1v) is 6.33. The number of carbonyl (C=O) groups is 2. The topological polar surface area (TPSA) is 83.6 Å². The van der Waals surface area contributed by atoms with Gasteiger partial charge in [0.15, 0.2) is 0 Å². The SMILES string of the molecule is CC[C@H](C)[C@H](N)C(=O)N1CCC[C@H]1C(F)C(=O)O. The smallest absolute Gasteiger partial charge is 0.340 e. The van der Waals surface area contributed by atoms with Gasteiger partial charge in [-0.3, -0.25) is 4.79 Å². The molecule has 0 bridgehead atoms. The van der Waals surface area contributed by atoms with Crippen LogP contribution in [0.25, 0.3) is 0 Å². The van der Waals surface area contributed by atoms with Crippen LogP contribution in [0, 0.1) is 5.92 Å². The first-order chi connectivity index (χ1) is 8.40. The maximum Gasteiger partial charge on any atom is 0.340 e. The maximum absolute atomic E-state index is 13.6. The Balaban J connectivity index is 2.75. The van der Waals surface area contributed by atoms with E-state index in [-0.39, 0.29) is 11.8 Å². The predicted octanol–water partition coefficient (Wildman–Crippen LogP) is 0.773. The second-order valence-electron chi connectivity index (χ2n) is 4.89. The lowest BCUT2D eigenvalue weighted by molar-refractivity contribution is -0.147. The molecule has 0 spiro atoms. The Morgan fingerprint density at radius 3 is 2.67 bits per heavy atom. The number of amides is 1. The molecule has 104 valence electrons. The van der Waals surface area contributed by atoms with Crippen molar-refractivity contribution in [1.82, 2.24) is 4.90 Å². The van der Waals surface area contributed by atoms with Gasteiger partial charge in [-0.25, -0.2) is 9.18 Å². The van der Waals surface area contributed by atoms with E-state index in [4.69, 9.17) is 10.8 Å². The van der Waals surface area contributed by atoms with Crippen molar-refractivity contribution in [1.29, 1.82) is 0 Å². The highest BCUT2D eigenvalue weighted by molar-refractivity contribution is 5.83. The fourth-order valence-electron chi connectivity index (χ4n) is 2.22. The van der Waals surface area contributed by atoms with Gasteiger partial charge in [-0.05, 0) is 18.8 Å². The van der Waals surface area contributed by atoms with Crippen LogP contribution < -0.4 is 5.73 Å². The molecule has 5 nitrogen and oxygen atoms in total. The number of hydrogen-bond acceptors (Lipinski definition) is 3. The zero-order valence-corrected chi connectivity index (χ0v) is 10.8. The third kappa shape index (κ3) is 2.98. The summed E-state index contributed by atoms with van der Waals surface area (Å²) in [7, 11) is 0. The van der Waals surface area contributed by atoms with Crippen LogP contribution in [0.1, 0.15) is 33.1 Å². The lowest BCUT2D eigenvalue weighted by Gasteiger charge is -2.29. The first kappa shape index (κ1) is 14.9. The molecule has 0 aromatic heterocycles. The normalized spacial score (nSPS) is 24.7. The molecule has 1 rings (SSSR count). The van der Waals surface area contributed by atoms with Crippen LogP contribution in [-0.2, 0) is 9.59 Å². The van der Waals surface area contributed by atoms with Gasteiger partial charge in [-0.15, -0.1) is 0 Å². The van der Waals surface area contributed by atoms with Gasteiger partial charge < -0.3 is 15.7 Å². The van der Waals surface area contributed by atoms with Crippen LogP contribution in [0.4, 0.5) is 4.39 Å². The fraction of sp³-hybridized carbons (Fsp3) is 0.833. The van der Waals surface area contributed by atoms with Crippen LogP contribution in [0.2, 0.25) is 0 Å². The highest BCUT2D eigenvalue weighted by atomic mass is 19.1. The number of alkyl halides is 1. The Morgan fingerprint density at radius 1 is 1.56 bits per heavy atom. The van der Waals surface area contributed by atoms with Crippen molar-refractivity contribution >= 4 is 11.9 Å². The van der Waals surface area contributed by atoms with Crippen molar-refractivity contribution in [2.24, 2.45) is 11.7 Å². The van der Waals surface area contributed by atoms with Gasteiger partial charge in [0.25, 0.3) is 0 Å². The zero-order valence-electron chi connectivity index (χ0n) is 10.8. The second-order valence-corrected chi connectivity index (χ2v) is 4.89. The number of hydrogen-bond donors (Lipinski definition) is 2. The van der Waals surface area contributed by atoms with Gasteiger partial charge >= 0.3 is 5.97 Å². The molecule has 1 fully saturated rings. The van der Waals surface area contributed by atoms with Crippen LogP contribution >= 0.6 is 0 Å². The standard InChI is InChI=1S/C12H21FN2O3/c1-3-7(2)10(14)11(16)15-6-4-5-8(15)9(13)12(17)18/h7-10H,3-6,14H2,1-2H3,(H,17,18)/t7-,8-,9?,10-/m0/s1. The maximum atomic E-state index is 13.6. The Kier molecular flexibility index (Phi) is 5.07. The van der Waals surface area contributed by atoms with Gasteiger partial charge in [0, 0.05) is 6.54 Å². The van der Waals surface area contributed by atoms with Crippen molar-refractivity contribution in [2.45, 2.75) is 51.4 Å². The number of nitrogens with zero attached hydrogens (tertiary/aromatic N) is 1. The minimum Gasteiger partial charge on any atom is -0.479 e. The largest absolute Gasteiger partial charge is 0.479 e. The Labute approximate surface area is 106 Å². The number of nitrogens with two attached hydrogens (primary N) is 1. The molecule has 0 saturated carbocycles. The van der Waals surface area contributed by atoms with Crippen molar-refractivity contribution in [3.8, 4) is 0 Å². The van der Waals surface area contributed by atoms with E-state index < -0.39 is 24.2 Å². The van der Waals surface area contributed by atoms with Crippen LogP contribution in [0.3, 0.4) is 0 Å². The quantitative estimate of drug-likeness (QED) is 0.765. The summed E-state index contributed by atoms with van der Waals surface area (Å²) in [5.41, 5.74) is 5.83. The Hall–Kier alpha value is -1.17. The molecular formula is C12H21FN2O3. The van der Waals surface area contributed by atoms with E-state index in [1.165, 1.54) is 4.90 Å². The number of carboxylic acids is 1. The third-order valence-corrected chi connectivity index (χ3v) is 3.70. The molecule has 1 amide bonds. The molecule has 0 aliphatic carbocycles. The number of halogens is 1. The highest BCUT2D eigenvalue weighted by Gasteiger charge is 2.40. The molecule has 0 radical (unpaired) electrons. The van der Waals surface area contributed by atoms with Gasteiger partial charge in [0.2, 0.25) is 12.1 Å². The van der Waals surface area contributed by atoms with E-state index in [2.05, 4.69) is 0 Å². The van der Waals surface area contributed by atoms with E-state index >= 15 is 0 Å². The van der Waals surface area contributed by atoms with Gasteiger partial charge in [0.05, 0.1) is 12.1 Å². The highest BCUT2D eigenvalue weighted by Crippen LogP contribution is 2.24. The number of rotatable bonds is 5. The molecule has 0 aromatic rings. The van der Waals surface area contributed by atoms with E-state index in [9.17, 15) is 14.0 Å². The lowest BCUT2D eigenvalue weighted by atomic mass is 9.98. The lowest BCUT2D eigenvalue weighted by Crippen LogP contribution is -2.52. The molecule has 1 aliphatic rings. The predicted molar refractivity (Wildman–Crippen MR) is 64.7 cm³/mol. The number of carboxylic acid groups (broad SMARTS) is 1. The van der Waals surface area contributed by atoms with E-state index in [1.807, 2.05) is 13.8 Å². The molecule has 18 heavy (non-hydrogen) atoms. The van der Waals surface area contributed by atoms with Crippen molar-refractivity contribution < 1.29 is 19.1 Å². The van der Waals surface area contributed by atoms with Gasteiger partial charge in [-0.1, -0.05) is 20.3 Å². The summed E-state index contributed by atoms with van der Waals surface area (Å²) < 4.78 is 13.6. The molecule has 4 atom stereocenters. The molecule has 1 saturated heterocycles. The van der Waals surface area contributed by atoms with Crippen molar-refractivity contribution in [3.63, 3.8) is 0 Å². The summed E-state index contributed by atoms with van der Waals surface area (Å²) in [6.07, 6.45) is -0.270. The van der Waals surface area contributed by atoms with Gasteiger partial charge in [0.1, 0.15) is 0 Å². The average molecular weight is 260 g/mol. The first-order valence-electron chi connectivity index (χ1n) is 6.33. The summed E-state index contributed by atoms with van der Waals surface area (Å²) in [6.45, 7) is 4.17. The summed E-state index contributed by atoms with van der Waals surface area (Å²) in [5.74, 6) is -1.85. The summed E-state index contributed by atoms with van der Waals surface area (Å²) >= 11 is 0. The average Bonchev–Trinajstić information content (AvgIpc) is 2.83. The molecule has 3 N–H and O–H groups in total. The minimum absolute atomic E-state index is 0.00152. The van der Waals surface area contributed by atoms with E-state index in [0.717, 1.165) is 6.42 Å². The third-order valence-electron chi connectivity index (χ3n) is 3.70. The molecular weight excluding hydrogens is 239 g/mol. The summed E-state index contributed by atoms with van der Waals surface area (Å²) in [4.78, 5) is 24.1. The molecule has 1 heterocycles. The van der Waals surface area contributed by atoms with Crippen molar-refractivity contribution in [2.75, 3.05) is 6.54 Å². The Morgan fingerprint density at radius 2 is 2.17 bits per heavy atom. The van der Waals surface area contributed by atoms with E-state index in [0.29, 0.717) is 19.4 Å². The van der Waals surface area contributed by atoms with Crippen LogP contribution in [0.15, 0.2) is 0 Å². The van der Waals surface area contributed by atoms with Crippen molar-refractivity contribution in [3.05, 3.63) is 0 Å². The minimum atomic E-state index is -2.03. The van der Waals surface area contributed by atoms with Crippen LogP contribution in [0.5, 0.6) is 0 Å². The summed E-state index contributed by atoms with van der Waals surface area (Å²) in [6, 6.07) is -1.55. The second kappa shape index (κ2) is 6.13. The van der Waals surface area contributed by atoms with E-state index in [1.54, 1.807) is 0 Å². The number of likely N-dealkylation sites (tertiary alicyclic amines) is 1. The molecule has 1 aliphatic heterocycles. The fourth-order valence-corrected chi connectivity index (χ4v) is 2.22.